The standard InChI is InChI=1S/C21H23FN2O2/c1-15(2)21(25)24(13-17-10-6-7-11-19(17)22)14-18-12-20(23-26-18)16-8-4-3-5-9-16/h3-11,15,18H,12-14H2,1-2H3. The molecule has 0 saturated heterocycles. The van der Waals surface area contributed by atoms with Gasteiger partial charge in [0.1, 0.15) is 5.82 Å². The Morgan fingerprint density at radius 1 is 1.19 bits per heavy atom. The maximum atomic E-state index is 14.0. The highest BCUT2D eigenvalue weighted by Gasteiger charge is 2.28. The van der Waals surface area contributed by atoms with Crippen LogP contribution in [0.1, 0.15) is 31.4 Å². The molecule has 0 aromatic heterocycles. The fourth-order valence-electron chi connectivity index (χ4n) is 3.00. The number of oxime groups is 1. The molecular formula is C21H23FN2O2. The summed E-state index contributed by atoms with van der Waals surface area (Å²) in [6.45, 7) is 4.30. The number of carbonyl (C=O) groups excluding carboxylic acids is 1. The van der Waals surface area contributed by atoms with E-state index in [0.717, 1.165) is 11.3 Å². The van der Waals surface area contributed by atoms with Crippen LogP contribution in [0.2, 0.25) is 0 Å². The summed E-state index contributed by atoms with van der Waals surface area (Å²) in [5, 5.41) is 4.17. The quantitative estimate of drug-likeness (QED) is 0.787. The molecule has 5 heteroatoms. The van der Waals surface area contributed by atoms with E-state index in [0.29, 0.717) is 18.5 Å². The smallest absolute Gasteiger partial charge is 0.225 e. The molecule has 2 aromatic rings. The second kappa shape index (κ2) is 8.13. The van der Waals surface area contributed by atoms with Gasteiger partial charge in [0.2, 0.25) is 5.91 Å². The van der Waals surface area contributed by atoms with Crippen LogP contribution in [0.25, 0.3) is 0 Å². The Morgan fingerprint density at radius 3 is 2.58 bits per heavy atom. The summed E-state index contributed by atoms with van der Waals surface area (Å²) in [4.78, 5) is 19.8. The molecule has 2 aromatic carbocycles. The Balaban J connectivity index is 1.69. The molecule has 0 radical (unpaired) electrons. The van der Waals surface area contributed by atoms with E-state index in [1.807, 2.05) is 44.2 Å². The predicted molar refractivity (Wildman–Crippen MR) is 99.1 cm³/mol. The normalized spacial score (nSPS) is 16.3. The van der Waals surface area contributed by atoms with Crippen LogP contribution in [0.4, 0.5) is 4.39 Å². The molecule has 0 N–H and O–H groups in total. The molecule has 0 spiro atoms. The molecule has 136 valence electrons. The van der Waals surface area contributed by atoms with Gasteiger partial charge in [-0.3, -0.25) is 4.79 Å². The molecule has 1 amide bonds. The van der Waals surface area contributed by atoms with Crippen LogP contribution in [-0.2, 0) is 16.2 Å². The lowest BCUT2D eigenvalue weighted by molar-refractivity contribution is -0.137. The van der Waals surface area contributed by atoms with Crippen LogP contribution in [0, 0.1) is 11.7 Å². The van der Waals surface area contributed by atoms with E-state index in [1.165, 1.54) is 6.07 Å². The first-order valence-electron chi connectivity index (χ1n) is 8.85. The van der Waals surface area contributed by atoms with Crippen molar-refractivity contribution < 1.29 is 14.0 Å². The van der Waals surface area contributed by atoms with Gasteiger partial charge in [-0.25, -0.2) is 4.39 Å². The van der Waals surface area contributed by atoms with Crippen molar-refractivity contribution in [2.45, 2.75) is 32.9 Å². The second-order valence-corrected chi connectivity index (χ2v) is 6.80. The van der Waals surface area contributed by atoms with Crippen LogP contribution in [-0.4, -0.2) is 29.2 Å². The van der Waals surface area contributed by atoms with Crippen molar-refractivity contribution in [3.05, 3.63) is 71.5 Å². The van der Waals surface area contributed by atoms with Crippen LogP contribution in [0.15, 0.2) is 59.8 Å². The largest absolute Gasteiger partial charge is 0.390 e. The molecule has 1 aliphatic heterocycles. The Labute approximate surface area is 153 Å². The number of carbonyl (C=O) groups is 1. The lowest BCUT2D eigenvalue weighted by Crippen LogP contribution is -2.39. The molecule has 1 aliphatic rings. The maximum Gasteiger partial charge on any atom is 0.225 e. The van der Waals surface area contributed by atoms with Crippen molar-refractivity contribution in [3.8, 4) is 0 Å². The van der Waals surface area contributed by atoms with Crippen molar-refractivity contribution in [2.24, 2.45) is 11.1 Å². The van der Waals surface area contributed by atoms with Crippen LogP contribution < -0.4 is 0 Å². The van der Waals surface area contributed by atoms with Crippen molar-refractivity contribution in [1.29, 1.82) is 0 Å². The van der Waals surface area contributed by atoms with Gasteiger partial charge in [0, 0.05) is 24.4 Å². The van der Waals surface area contributed by atoms with Gasteiger partial charge in [-0.15, -0.1) is 0 Å². The van der Waals surface area contributed by atoms with Gasteiger partial charge in [0.15, 0.2) is 6.10 Å². The van der Waals surface area contributed by atoms with Gasteiger partial charge in [-0.1, -0.05) is 67.5 Å². The van der Waals surface area contributed by atoms with E-state index in [9.17, 15) is 9.18 Å². The summed E-state index contributed by atoms with van der Waals surface area (Å²) in [6, 6.07) is 16.4. The first kappa shape index (κ1) is 18.1. The minimum absolute atomic E-state index is 0.0231. The summed E-state index contributed by atoms with van der Waals surface area (Å²) >= 11 is 0. The van der Waals surface area contributed by atoms with Gasteiger partial charge in [0.25, 0.3) is 0 Å². The number of benzene rings is 2. The molecule has 3 rings (SSSR count). The molecular weight excluding hydrogens is 331 g/mol. The van der Waals surface area contributed by atoms with Gasteiger partial charge in [0.05, 0.1) is 12.3 Å². The third-order valence-corrected chi connectivity index (χ3v) is 4.39. The van der Waals surface area contributed by atoms with Gasteiger partial charge in [-0.2, -0.15) is 0 Å². The summed E-state index contributed by atoms with van der Waals surface area (Å²) < 4.78 is 14.0. The topological polar surface area (TPSA) is 41.9 Å². The number of hydrogen-bond donors (Lipinski definition) is 0. The molecule has 26 heavy (non-hydrogen) atoms. The zero-order valence-electron chi connectivity index (χ0n) is 15.1. The van der Waals surface area contributed by atoms with E-state index in [1.54, 1.807) is 23.1 Å². The minimum atomic E-state index is -0.303. The highest BCUT2D eigenvalue weighted by molar-refractivity contribution is 6.01. The minimum Gasteiger partial charge on any atom is -0.390 e. The fraction of sp³-hybridized carbons (Fsp3) is 0.333. The average molecular weight is 354 g/mol. The van der Waals surface area contributed by atoms with Gasteiger partial charge >= 0.3 is 0 Å². The molecule has 1 atom stereocenters. The van der Waals surface area contributed by atoms with E-state index < -0.39 is 0 Å². The number of halogens is 1. The second-order valence-electron chi connectivity index (χ2n) is 6.80. The van der Waals surface area contributed by atoms with Crippen molar-refractivity contribution >= 4 is 11.6 Å². The Bertz CT molecular complexity index is 790. The maximum absolute atomic E-state index is 14.0. The summed E-state index contributed by atoms with van der Waals surface area (Å²) in [6.07, 6.45) is 0.406. The number of rotatable bonds is 6. The van der Waals surface area contributed by atoms with E-state index in [-0.39, 0.29) is 30.3 Å². The summed E-state index contributed by atoms with van der Waals surface area (Å²) in [7, 11) is 0. The lowest BCUT2D eigenvalue weighted by atomic mass is 10.0. The predicted octanol–water partition coefficient (Wildman–Crippen LogP) is 4.00. The molecule has 0 saturated carbocycles. The first-order chi connectivity index (χ1) is 12.5. The van der Waals surface area contributed by atoms with Crippen molar-refractivity contribution in [1.82, 2.24) is 4.90 Å². The fourth-order valence-corrected chi connectivity index (χ4v) is 3.00. The van der Waals surface area contributed by atoms with Crippen LogP contribution >= 0.6 is 0 Å². The van der Waals surface area contributed by atoms with Gasteiger partial charge < -0.3 is 9.74 Å². The Kier molecular flexibility index (Phi) is 5.66. The van der Waals surface area contributed by atoms with Crippen molar-refractivity contribution in [3.63, 3.8) is 0 Å². The molecule has 0 bridgehead atoms. The summed E-state index contributed by atoms with van der Waals surface area (Å²) in [5.74, 6) is -0.495. The first-order valence-corrected chi connectivity index (χ1v) is 8.85. The highest BCUT2D eigenvalue weighted by Crippen LogP contribution is 2.20. The van der Waals surface area contributed by atoms with Crippen LogP contribution in [0.3, 0.4) is 0 Å². The molecule has 0 fully saturated rings. The zero-order valence-corrected chi connectivity index (χ0v) is 15.1. The molecule has 1 unspecified atom stereocenters. The highest BCUT2D eigenvalue weighted by atomic mass is 19.1. The van der Waals surface area contributed by atoms with Crippen molar-refractivity contribution in [2.75, 3.05) is 6.54 Å². The van der Waals surface area contributed by atoms with E-state index >= 15 is 0 Å². The monoisotopic (exact) mass is 354 g/mol. The average Bonchev–Trinajstić information content (AvgIpc) is 3.11. The van der Waals surface area contributed by atoms with Crippen LogP contribution in [0.5, 0.6) is 0 Å². The third-order valence-electron chi connectivity index (χ3n) is 4.39. The van der Waals surface area contributed by atoms with E-state index in [4.69, 9.17) is 4.84 Å². The Morgan fingerprint density at radius 2 is 1.88 bits per heavy atom. The third kappa shape index (κ3) is 4.28. The molecule has 4 nitrogen and oxygen atoms in total. The zero-order chi connectivity index (χ0) is 18.5. The lowest BCUT2D eigenvalue weighted by Gasteiger charge is -2.26. The SMILES string of the molecule is CC(C)C(=O)N(Cc1ccccc1F)CC1CC(c2ccccc2)=NO1. The number of nitrogens with zero attached hydrogens (tertiary/aromatic N) is 2. The van der Waals surface area contributed by atoms with E-state index in [2.05, 4.69) is 5.16 Å². The van der Waals surface area contributed by atoms with Gasteiger partial charge in [-0.05, 0) is 11.6 Å². The molecule has 1 heterocycles. The number of hydrogen-bond acceptors (Lipinski definition) is 3. The molecule has 0 aliphatic carbocycles. The Hall–Kier alpha value is -2.69. The summed E-state index contributed by atoms with van der Waals surface area (Å²) in [5.41, 5.74) is 2.40. The number of amides is 1.